The number of fused-ring (bicyclic) bond motifs is 1. The molecule has 0 amide bonds. The molecule has 0 bridgehead atoms. The quantitative estimate of drug-likeness (QED) is 0.352. The van der Waals surface area contributed by atoms with E-state index in [9.17, 15) is 23.1 Å². The first-order chi connectivity index (χ1) is 17.6. The molecule has 2 heterocycles. The van der Waals surface area contributed by atoms with Gasteiger partial charge >= 0.3 is 12.1 Å². The summed E-state index contributed by atoms with van der Waals surface area (Å²) < 4.78 is 46.2. The SMILES string of the molecule is COc1cc(C)c2[nH]ccc2c1CN1CC[C@@H](NCC2(C(F)(F)F)CC2)C[C@H]1c1ccc(C(=O)O)cc1. The zero-order valence-corrected chi connectivity index (χ0v) is 21.0. The van der Waals surface area contributed by atoms with Gasteiger partial charge in [0, 0.05) is 54.4 Å². The summed E-state index contributed by atoms with van der Waals surface area (Å²) in [6, 6.07) is 10.7. The maximum Gasteiger partial charge on any atom is 0.395 e. The molecular formula is C28H32F3N3O3. The van der Waals surface area contributed by atoms with Crippen LogP contribution >= 0.6 is 0 Å². The summed E-state index contributed by atoms with van der Waals surface area (Å²) in [6.07, 6.45) is -0.554. The van der Waals surface area contributed by atoms with E-state index in [0.717, 1.165) is 39.8 Å². The largest absolute Gasteiger partial charge is 0.496 e. The highest BCUT2D eigenvalue weighted by molar-refractivity contribution is 5.88. The number of carboxylic acid groups (broad SMARTS) is 1. The number of benzene rings is 2. The Labute approximate surface area is 213 Å². The molecule has 3 aromatic rings. The number of hydrogen-bond donors (Lipinski definition) is 3. The number of piperidine rings is 1. The van der Waals surface area contributed by atoms with Crippen LogP contribution in [0, 0.1) is 12.3 Å². The number of ether oxygens (including phenoxy) is 1. The Morgan fingerprint density at radius 1 is 1.24 bits per heavy atom. The molecule has 2 atom stereocenters. The number of aryl methyl sites for hydroxylation is 1. The second kappa shape index (κ2) is 9.68. The Morgan fingerprint density at radius 3 is 2.59 bits per heavy atom. The van der Waals surface area contributed by atoms with E-state index in [0.29, 0.717) is 19.5 Å². The highest BCUT2D eigenvalue weighted by atomic mass is 19.4. The van der Waals surface area contributed by atoms with Gasteiger partial charge in [0.15, 0.2) is 0 Å². The van der Waals surface area contributed by atoms with Crippen molar-refractivity contribution in [3.63, 3.8) is 0 Å². The van der Waals surface area contributed by atoms with E-state index in [-0.39, 0.29) is 37.0 Å². The molecule has 2 aliphatic rings. The van der Waals surface area contributed by atoms with Crippen LogP contribution in [-0.2, 0) is 6.54 Å². The summed E-state index contributed by atoms with van der Waals surface area (Å²) >= 11 is 0. The van der Waals surface area contributed by atoms with Crippen LogP contribution in [0.25, 0.3) is 10.9 Å². The monoisotopic (exact) mass is 515 g/mol. The van der Waals surface area contributed by atoms with Gasteiger partial charge in [-0.15, -0.1) is 0 Å². The molecule has 3 N–H and O–H groups in total. The van der Waals surface area contributed by atoms with E-state index in [1.807, 2.05) is 37.4 Å². The predicted octanol–water partition coefficient (Wildman–Crippen LogP) is 5.82. The van der Waals surface area contributed by atoms with E-state index in [1.54, 1.807) is 19.2 Å². The fourth-order valence-electron chi connectivity index (χ4n) is 5.62. The summed E-state index contributed by atoms with van der Waals surface area (Å²) in [5.74, 6) is -0.196. The van der Waals surface area contributed by atoms with Crippen LogP contribution in [0.2, 0.25) is 0 Å². The summed E-state index contributed by atoms with van der Waals surface area (Å²) in [6.45, 7) is 3.26. The number of likely N-dealkylation sites (tertiary alicyclic amines) is 1. The van der Waals surface area contributed by atoms with Crippen LogP contribution in [0.1, 0.15) is 58.8 Å². The first-order valence-corrected chi connectivity index (χ1v) is 12.6. The first kappa shape index (κ1) is 25.6. The Balaban J connectivity index is 1.42. The molecule has 1 aliphatic heterocycles. The van der Waals surface area contributed by atoms with Gasteiger partial charge in [-0.3, -0.25) is 4.90 Å². The second-order valence-electron chi connectivity index (χ2n) is 10.4. The van der Waals surface area contributed by atoms with Crippen molar-refractivity contribution in [2.24, 2.45) is 5.41 Å². The van der Waals surface area contributed by atoms with Crippen molar-refractivity contribution in [2.45, 2.75) is 57.4 Å². The molecule has 198 valence electrons. The number of aromatic amines is 1. The van der Waals surface area contributed by atoms with Crippen LogP contribution in [-0.4, -0.2) is 53.4 Å². The zero-order valence-electron chi connectivity index (χ0n) is 21.0. The molecule has 0 spiro atoms. The van der Waals surface area contributed by atoms with Gasteiger partial charge in [-0.1, -0.05) is 12.1 Å². The highest BCUT2D eigenvalue weighted by Crippen LogP contribution is 2.57. The molecule has 0 unspecified atom stereocenters. The van der Waals surface area contributed by atoms with E-state index in [4.69, 9.17) is 4.74 Å². The van der Waals surface area contributed by atoms with Gasteiger partial charge in [0.05, 0.1) is 18.1 Å². The molecule has 1 saturated heterocycles. The molecule has 37 heavy (non-hydrogen) atoms. The Kier molecular flexibility index (Phi) is 6.70. The number of methoxy groups -OCH3 is 1. The average molecular weight is 516 g/mol. The number of nitrogens with zero attached hydrogens (tertiary/aromatic N) is 1. The minimum atomic E-state index is -4.18. The van der Waals surface area contributed by atoms with Gasteiger partial charge in [0.25, 0.3) is 0 Å². The van der Waals surface area contributed by atoms with Crippen molar-refractivity contribution in [1.82, 2.24) is 15.2 Å². The minimum absolute atomic E-state index is 0.0540. The van der Waals surface area contributed by atoms with E-state index >= 15 is 0 Å². The maximum absolute atomic E-state index is 13.5. The summed E-state index contributed by atoms with van der Waals surface area (Å²) in [5.41, 5.74) is 2.76. The number of nitrogens with one attached hydrogen (secondary N) is 2. The lowest BCUT2D eigenvalue weighted by atomic mass is 9.90. The van der Waals surface area contributed by atoms with Crippen LogP contribution in [0.3, 0.4) is 0 Å². The van der Waals surface area contributed by atoms with Crippen LogP contribution in [0.5, 0.6) is 5.75 Å². The molecule has 1 aliphatic carbocycles. The third-order valence-corrected chi connectivity index (χ3v) is 8.13. The van der Waals surface area contributed by atoms with Gasteiger partial charge in [-0.05, 0) is 68.0 Å². The lowest BCUT2D eigenvalue weighted by molar-refractivity contribution is -0.186. The number of hydrogen-bond acceptors (Lipinski definition) is 4. The molecular weight excluding hydrogens is 483 g/mol. The van der Waals surface area contributed by atoms with Gasteiger partial charge in [0.1, 0.15) is 5.75 Å². The number of H-pyrrole nitrogens is 1. The Bertz CT molecular complexity index is 1280. The molecule has 1 saturated carbocycles. The molecule has 6 nitrogen and oxygen atoms in total. The lowest BCUT2D eigenvalue weighted by Gasteiger charge is -2.41. The van der Waals surface area contributed by atoms with Crippen LogP contribution < -0.4 is 10.1 Å². The third kappa shape index (κ3) is 4.94. The molecule has 0 radical (unpaired) electrons. The standard InChI is InChI=1S/C28H32F3N3O3/c1-17-13-24(37-2)22(21-7-11-32-25(17)21)15-34-12-8-20(33-16-27(9-10-27)28(29,30)31)14-23(34)18-3-5-19(6-4-18)26(35)36/h3-7,11,13,20,23,32-33H,8-10,12,14-16H2,1-2H3,(H,35,36)/t20-,23+/m1/s1. The average Bonchev–Trinajstić information content (AvgIpc) is 3.52. The fourth-order valence-corrected chi connectivity index (χ4v) is 5.62. The van der Waals surface area contributed by atoms with Crippen molar-refractivity contribution in [3.8, 4) is 5.75 Å². The molecule has 2 fully saturated rings. The van der Waals surface area contributed by atoms with Gasteiger partial charge in [0.2, 0.25) is 0 Å². The van der Waals surface area contributed by atoms with Crippen molar-refractivity contribution < 1.29 is 27.8 Å². The topological polar surface area (TPSA) is 77.6 Å². The minimum Gasteiger partial charge on any atom is -0.496 e. The van der Waals surface area contributed by atoms with E-state index in [2.05, 4.69) is 15.2 Å². The number of aromatic carboxylic acids is 1. The smallest absolute Gasteiger partial charge is 0.395 e. The van der Waals surface area contributed by atoms with E-state index in [1.165, 1.54) is 0 Å². The normalized spacial score (nSPS) is 21.8. The second-order valence-corrected chi connectivity index (χ2v) is 10.4. The fraction of sp³-hybridized carbons (Fsp3) is 0.464. The zero-order chi connectivity index (χ0) is 26.4. The summed E-state index contributed by atoms with van der Waals surface area (Å²) in [7, 11) is 1.66. The number of alkyl halides is 3. The predicted molar refractivity (Wildman–Crippen MR) is 135 cm³/mol. The Hall–Kier alpha value is -3.04. The maximum atomic E-state index is 13.5. The van der Waals surface area contributed by atoms with Crippen molar-refractivity contribution in [3.05, 3.63) is 64.8 Å². The van der Waals surface area contributed by atoms with Gasteiger partial charge in [-0.2, -0.15) is 13.2 Å². The molecule has 1 aromatic heterocycles. The number of carbonyl (C=O) groups is 1. The number of halogens is 3. The molecule has 9 heteroatoms. The van der Waals surface area contributed by atoms with Crippen LogP contribution in [0.4, 0.5) is 13.2 Å². The molecule has 5 rings (SSSR count). The van der Waals surface area contributed by atoms with Crippen molar-refractivity contribution >= 4 is 16.9 Å². The van der Waals surface area contributed by atoms with Crippen molar-refractivity contribution in [1.29, 1.82) is 0 Å². The number of carboxylic acids is 1. The number of rotatable bonds is 8. The van der Waals surface area contributed by atoms with Crippen molar-refractivity contribution in [2.75, 3.05) is 20.2 Å². The van der Waals surface area contributed by atoms with E-state index < -0.39 is 17.6 Å². The highest BCUT2D eigenvalue weighted by Gasteiger charge is 2.62. The third-order valence-electron chi connectivity index (χ3n) is 8.13. The lowest BCUT2D eigenvalue weighted by Crippen LogP contribution is -2.47. The van der Waals surface area contributed by atoms with Gasteiger partial charge in [-0.25, -0.2) is 4.79 Å². The first-order valence-electron chi connectivity index (χ1n) is 12.6. The number of aromatic nitrogens is 1. The van der Waals surface area contributed by atoms with Crippen LogP contribution in [0.15, 0.2) is 42.6 Å². The summed E-state index contributed by atoms with van der Waals surface area (Å²) in [4.78, 5) is 17.0. The summed E-state index contributed by atoms with van der Waals surface area (Å²) in [5, 5.41) is 13.6. The Morgan fingerprint density at radius 2 is 1.97 bits per heavy atom. The van der Waals surface area contributed by atoms with Gasteiger partial charge < -0.3 is 20.1 Å². The molecule has 2 aromatic carbocycles.